The Kier molecular flexibility index (Phi) is 2.10. The number of hydrogen-bond acceptors (Lipinski definition) is 3. The van der Waals surface area contributed by atoms with Crippen molar-refractivity contribution in [2.24, 2.45) is 4.99 Å². The molecule has 2 rings (SSSR count). The Hall–Kier alpha value is -1.22. The summed E-state index contributed by atoms with van der Waals surface area (Å²) in [4.78, 5) is 10.7. The predicted molar refractivity (Wildman–Crippen MR) is 51.8 cm³/mol. The largest absolute Gasteiger partial charge is 0.305 e. The lowest BCUT2D eigenvalue weighted by Crippen LogP contribution is -2.28. The van der Waals surface area contributed by atoms with E-state index >= 15 is 0 Å². The monoisotopic (exact) mass is 175 g/mol. The quantitative estimate of drug-likeness (QED) is 0.602. The molecule has 0 saturated heterocycles. The topological polar surface area (TPSA) is 28.5 Å². The van der Waals surface area contributed by atoms with Crippen molar-refractivity contribution in [3.05, 3.63) is 29.0 Å². The highest BCUT2D eigenvalue weighted by molar-refractivity contribution is 5.49. The van der Waals surface area contributed by atoms with Crippen molar-refractivity contribution in [3.8, 4) is 0 Å². The zero-order valence-corrected chi connectivity index (χ0v) is 7.99. The second-order valence-corrected chi connectivity index (χ2v) is 3.53. The van der Waals surface area contributed by atoms with Gasteiger partial charge < -0.3 is 4.90 Å². The molecule has 0 aliphatic carbocycles. The van der Waals surface area contributed by atoms with Crippen LogP contribution in [0.1, 0.15) is 0 Å². The number of pyridine rings is 1. The maximum atomic E-state index is 4.36. The maximum absolute atomic E-state index is 4.36. The average Bonchev–Trinajstić information content (AvgIpc) is 2.48. The SMILES string of the molecule is CN(C)CC1=c2cccnc2=NC1. The van der Waals surface area contributed by atoms with Crippen LogP contribution in [0.25, 0.3) is 5.57 Å². The van der Waals surface area contributed by atoms with Gasteiger partial charge in [-0.25, -0.2) is 4.98 Å². The highest BCUT2D eigenvalue weighted by atomic mass is 15.1. The minimum absolute atomic E-state index is 0.810. The van der Waals surface area contributed by atoms with E-state index in [4.69, 9.17) is 0 Å². The van der Waals surface area contributed by atoms with E-state index in [2.05, 4.69) is 35.0 Å². The van der Waals surface area contributed by atoms with Crippen LogP contribution in [0.4, 0.5) is 0 Å². The van der Waals surface area contributed by atoms with E-state index in [0.717, 1.165) is 18.6 Å². The van der Waals surface area contributed by atoms with Gasteiger partial charge in [0, 0.05) is 18.0 Å². The van der Waals surface area contributed by atoms with Gasteiger partial charge in [-0.2, -0.15) is 0 Å². The fraction of sp³-hybridized carbons (Fsp3) is 0.400. The van der Waals surface area contributed by atoms with Crippen molar-refractivity contribution in [2.75, 3.05) is 27.2 Å². The maximum Gasteiger partial charge on any atom is 0.154 e. The molecular formula is C10H13N3. The van der Waals surface area contributed by atoms with Crippen LogP contribution in [0, 0.1) is 0 Å². The summed E-state index contributed by atoms with van der Waals surface area (Å²) in [6.45, 7) is 1.78. The van der Waals surface area contributed by atoms with Crippen LogP contribution in [-0.2, 0) is 0 Å². The summed E-state index contributed by atoms with van der Waals surface area (Å²) >= 11 is 0. The number of nitrogens with zero attached hydrogens (tertiary/aromatic N) is 3. The zero-order chi connectivity index (χ0) is 9.26. The molecule has 1 aromatic heterocycles. The first-order valence-electron chi connectivity index (χ1n) is 4.39. The molecule has 0 unspecified atom stereocenters. The van der Waals surface area contributed by atoms with Gasteiger partial charge in [0.1, 0.15) is 0 Å². The van der Waals surface area contributed by atoms with E-state index in [-0.39, 0.29) is 0 Å². The molecule has 0 bridgehead atoms. The van der Waals surface area contributed by atoms with Crippen LogP contribution in [0.3, 0.4) is 0 Å². The van der Waals surface area contributed by atoms with Crippen molar-refractivity contribution in [3.63, 3.8) is 0 Å². The third-order valence-corrected chi connectivity index (χ3v) is 2.09. The van der Waals surface area contributed by atoms with Gasteiger partial charge in [0.2, 0.25) is 0 Å². The van der Waals surface area contributed by atoms with Gasteiger partial charge in [0.15, 0.2) is 5.49 Å². The molecule has 68 valence electrons. The second kappa shape index (κ2) is 3.26. The number of rotatable bonds is 2. The lowest BCUT2D eigenvalue weighted by atomic mass is 10.2. The Morgan fingerprint density at radius 1 is 1.46 bits per heavy atom. The first-order valence-corrected chi connectivity index (χ1v) is 4.39. The molecule has 1 aliphatic heterocycles. The van der Waals surface area contributed by atoms with Crippen LogP contribution in [0.2, 0.25) is 0 Å². The van der Waals surface area contributed by atoms with E-state index in [1.54, 1.807) is 6.20 Å². The third-order valence-electron chi connectivity index (χ3n) is 2.09. The molecule has 2 heterocycles. The van der Waals surface area contributed by atoms with E-state index in [9.17, 15) is 0 Å². The lowest BCUT2D eigenvalue weighted by molar-refractivity contribution is 0.460. The Balaban J connectivity index is 2.48. The van der Waals surface area contributed by atoms with E-state index < -0.39 is 0 Å². The molecule has 0 N–H and O–H groups in total. The van der Waals surface area contributed by atoms with E-state index in [1.807, 2.05) is 6.07 Å². The Morgan fingerprint density at radius 3 is 3.08 bits per heavy atom. The third kappa shape index (κ3) is 1.60. The molecule has 0 atom stereocenters. The molecule has 1 aliphatic rings. The van der Waals surface area contributed by atoms with Gasteiger partial charge in [-0.15, -0.1) is 0 Å². The van der Waals surface area contributed by atoms with Crippen molar-refractivity contribution < 1.29 is 0 Å². The highest BCUT2D eigenvalue weighted by Crippen LogP contribution is 1.97. The van der Waals surface area contributed by atoms with Gasteiger partial charge >= 0.3 is 0 Å². The van der Waals surface area contributed by atoms with Gasteiger partial charge in [0.25, 0.3) is 0 Å². The second-order valence-electron chi connectivity index (χ2n) is 3.53. The summed E-state index contributed by atoms with van der Waals surface area (Å²) in [5.74, 6) is 0. The zero-order valence-electron chi connectivity index (χ0n) is 7.99. The first kappa shape index (κ1) is 8.38. The predicted octanol–water partition coefficient (Wildman–Crippen LogP) is -0.573. The molecule has 3 nitrogen and oxygen atoms in total. The summed E-state index contributed by atoms with van der Waals surface area (Å²) < 4.78 is 0. The van der Waals surface area contributed by atoms with Crippen LogP contribution in [0.5, 0.6) is 0 Å². The molecular weight excluding hydrogens is 162 g/mol. The minimum atomic E-state index is 0.810. The van der Waals surface area contributed by atoms with E-state index in [0.29, 0.717) is 0 Å². The molecule has 1 aromatic rings. The van der Waals surface area contributed by atoms with Gasteiger partial charge in [-0.3, -0.25) is 4.99 Å². The number of aromatic nitrogens is 1. The summed E-state index contributed by atoms with van der Waals surface area (Å²) in [6, 6.07) is 4.06. The molecule has 0 saturated carbocycles. The molecule has 3 heteroatoms. The molecule has 0 radical (unpaired) electrons. The first-order chi connectivity index (χ1) is 6.27. The standard InChI is InChI=1S/C10H13N3/c1-13(2)7-8-6-12-10-9(8)4-3-5-11-10/h3-5H,6-7H2,1-2H3. The van der Waals surface area contributed by atoms with Crippen LogP contribution in [0.15, 0.2) is 23.3 Å². The Morgan fingerprint density at radius 2 is 2.31 bits per heavy atom. The average molecular weight is 175 g/mol. The van der Waals surface area contributed by atoms with Crippen molar-refractivity contribution >= 4 is 5.57 Å². The normalized spacial score (nSPS) is 14.5. The fourth-order valence-electron chi connectivity index (χ4n) is 1.57. The summed E-state index contributed by atoms with van der Waals surface area (Å²) in [7, 11) is 4.14. The molecule has 0 aromatic carbocycles. The van der Waals surface area contributed by atoms with Crippen LogP contribution >= 0.6 is 0 Å². The molecule has 0 spiro atoms. The number of hydrogen-bond donors (Lipinski definition) is 0. The summed E-state index contributed by atoms with van der Waals surface area (Å²) in [5.41, 5.74) is 2.27. The summed E-state index contributed by atoms with van der Waals surface area (Å²) in [6.07, 6.45) is 1.79. The molecule has 0 amide bonds. The van der Waals surface area contributed by atoms with Gasteiger partial charge in [0.05, 0.1) is 6.54 Å². The number of fused-ring (bicyclic) bond motifs is 1. The molecule has 13 heavy (non-hydrogen) atoms. The molecule has 0 fully saturated rings. The van der Waals surface area contributed by atoms with Crippen molar-refractivity contribution in [1.82, 2.24) is 9.88 Å². The van der Waals surface area contributed by atoms with Gasteiger partial charge in [-0.1, -0.05) is 0 Å². The smallest absolute Gasteiger partial charge is 0.154 e. The highest BCUT2D eigenvalue weighted by Gasteiger charge is 2.06. The Bertz CT molecular complexity index is 420. The fourth-order valence-corrected chi connectivity index (χ4v) is 1.57. The minimum Gasteiger partial charge on any atom is -0.305 e. The Labute approximate surface area is 77.4 Å². The van der Waals surface area contributed by atoms with Gasteiger partial charge in [-0.05, 0) is 31.8 Å². The van der Waals surface area contributed by atoms with E-state index in [1.165, 1.54) is 10.8 Å². The van der Waals surface area contributed by atoms with Crippen molar-refractivity contribution in [2.45, 2.75) is 0 Å². The van der Waals surface area contributed by atoms with Crippen LogP contribution in [-0.4, -0.2) is 37.1 Å². The van der Waals surface area contributed by atoms with Crippen LogP contribution < -0.4 is 10.7 Å². The summed E-state index contributed by atoms with van der Waals surface area (Å²) in [5, 5.41) is 1.22. The lowest BCUT2D eigenvalue weighted by Gasteiger charge is -2.09. The van der Waals surface area contributed by atoms with Crippen molar-refractivity contribution in [1.29, 1.82) is 0 Å².